The second-order valence-corrected chi connectivity index (χ2v) is 33.4. The number of carbonyl (C=O) groups is 6. The summed E-state index contributed by atoms with van der Waals surface area (Å²) in [5.74, 6) is -5.62. The number of carbonyl (C=O) groups excluding carboxylic acids is 4. The van der Waals surface area contributed by atoms with Crippen molar-refractivity contribution >= 4 is 35.8 Å². The van der Waals surface area contributed by atoms with Gasteiger partial charge in [-0.2, -0.15) is 0 Å². The molecule has 0 aliphatic heterocycles. The van der Waals surface area contributed by atoms with E-state index in [0.29, 0.717) is 38.5 Å². The van der Waals surface area contributed by atoms with Crippen molar-refractivity contribution in [2.45, 2.75) is 522 Å². The van der Waals surface area contributed by atoms with E-state index in [9.17, 15) is 33.9 Å². The van der Waals surface area contributed by atoms with Gasteiger partial charge < -0.3 is 29.2 Å². The van der Waals surface area contributed by atoms with E-state index in [4.69, 9.17) is 24.1 Å². The number of hydrogen-bond donors (Lipinski definition) is 2. The maximum absolute atomic E-state index is 14.8. The van der Waals surface area contributed by atoms with E-state index < -0.39 is 53.1 Å². The van der Waals surface area contributed by atoms with Gasteiger partial charge in [-0.15, -0.1) is 0 Å². The van der Waals surface area contributed by atoms with Gasteiger partial charge in [0.25, 0.3) is 0 Å². The first-order valence-electron chi connectivity index (χ1n) is 47.7. The van der Waals surface area contributed by atoms with Crippen LogP contribution in [0.2, 0.25) is 0 Å². The summed E-state index contributed by atoms with van der Waals surface area (Å²) < 4.78 is 24.7. The Hall–Kier alpha value is -3.44. The van der Waals surface area contributed by atoms with Crippen LogP contribution < -0.4 is 0 Å². The molecule has 636 valence electrons. The summed E-state index contributed by atoms with van der Waals surface area (Å²) in [5, 5.41) is 21.0. The number of ether oxygens (including phenoxy) is 4. The number of carboxylic acid groups (broad SMARTS) is 2. The standard InChI is InChI=1S/C96H180O12/c1-5-9-13-17-21-25-29-33-37-43-49-55-61-67-73-79-91(99)105-84-88(85-106-92(100)80-74-68-62-56-50-44-38-34-30-26-22-18-14-10-6-2)96(95(103)104,83-77-71-65-59-53-47-41-42-48-54-60-66-72-78-90(97)98)89(86-107-93(101)81-75-69-63-57-51-45-39-35-31-27-23-19-15-11-7-3)87-108-94(102)82-76-70-64-58-52-46-40-36-32-28-24-20-16-12-8-4/h41,47,88-89H,5-40,42-46,48-87H2,1-4H3,(H,97,98)(H,103,104). The molecule has 0 spiro atoms. The molecule has 0 rings (SSSR count). The number of allylic oxidation sites excluding steroid dienone is 2. The van der Waals surface area contributed by atoms with Crippen LogP contribution in [0.3, 0.4) is 0 Å². The highest BCUT2D eigenvalue weighted by Crippen LogP contribution is 2.44. The number of unbranched alkanes of at least 4 members (excludes halogenated alkanes) is 65. The second kappa shape index (κ2) is 84.5. The van der Waals surface area contributed by atoms with Gasteiger partial charge >= 0.3 is 35.8 Å². The summed E-state index contributed by atoms with van der Waals surface area (Å²) in [4.78, 5) is 81.4. The van der Waals surface area contributed by atoms with Crippen LogP contribution in [0.25, 0.3) is 0 Å². The van der Waals surface area contributed by atoms with Gasteiger partial charge in [-0.05, 0) is 64.2 Å². The predicted octanol–water partition coefficient (Wildman–Crippen LogP) is 30.2. The summed E-state index contributed by atoms with van der Waals surface area (Å²) in [7, 11) is 0. The minimum atomic E-state index is -1.78. The molecule has 2 N–H and O–H groups in total. The number of aliphatic carboxylic acids is 2. The molecule has 0 amide bonds. The number of esters is 4. The average molecular weight is 1530 g/mol. The summed E-state index contributed by atoms with van der Waals surface area (Å²) in [6.07, 6.45) is 87.8. The van der Waals surface area contributed by atoms with Crippen molar-refractivity contribution in [2.24, 2.45) is 17.3 Å². The van der Waals surface area contributed by atoms with Gasteiger partial charge in [-0.25, -0.2) is 0 Å². The molecule has 0 aliphatic carbocycles. The maximum Gasteiger partial charge on any atom is 0.310 e. The van der Waals surface area contributed by atoms with E-state index >= 15 is 0 Å². The molecule has 0 atom stereocenters. The lowest BCUT2D eigenvalue weighted by Crippen LogP contribution is -2.52. The van der Waals surface area contributed by atoms with Crippen molar-refractivity contribution in [1.82, 2.24) is 0 Å². The maximum atomic E-state index is 14.8. The molecule has 0 saturated carbocycles. The quantitative estimate of drug-likeness (QED) is 0.0255. The molecule has 0 unspecified atom stereocenters. The molecule has 0 radical (unpaired) electrons. The molecule has 0 saturated heterocycles. The van der Waals surface area contributed by atoms with Crippen LogP contribution in [0, 0.1) is 17.3 Å². The molecule has 12 heteroatoms. The van der Waals surface area contributed by atoms with Gasteiger partial charge in [0.15, 0.2) is 0 Å². The van der Waals surface area contributed by atoms with Crippen molar-refractivity contribution < 1.29 is 57.9 Å². The molecule has 0 aromatic carbocycles. The second-order valence-electron chi connectivity index (χ2n) is 33.4. The van der Waals surface area contributed by atoms with Gasteiger partial charge in [0, 0.05) is 43.9 Å². The Kier molecular flexibility index (Phi) is 81.8. The van der Waals surface area contributed by atoms with Gasteiger partial charge in [-0.3, -0.25) is 28.8 Å². The Morgan fingerprint density at radius 3 is 0.583 bits per heavy atom. The van der Waals surface area contributed by atoms with Crippen molar-refractivity contribution in [3.63, 3.8) is 0 Å². The van der Waals surface area contributed by atoms with E-state index in [1.165, 1.54) is 283 Å². The first-order chi connectivity index (χ1) is 53.0. The lowest BCUT2D eigenvalue weighted by atomic mass is 9.64. The molecule has 108 heavy (non-hydrogen) atoms. The smallest absolute Gasteiger partial charge is 0.310 e. The Labute approximate surface area is 668 Å². The molecule has 0 heterocycles. The van der Waals surface area contributed by atoms with Gasteiger partial charge in [0.2, 0.25) is 0 Å². The molecule has 12 nitrogen and oxygen atoms in total. The van der Waals surface area contributed by atoms with E-state index in [1.54, 1.807) is 0 Å². The Balaban J connectivity index is 6.66. The average Bonchev–Trinajstić information content (AvgIpc) is 0.778. The normalized spacial score (nSPS) is 11.8. The lowest BCUT2D eigenvalue weighted by Gasteiger charge is -2.42. The molecule has 0 bridgehead atoms. The van der Waals surface area contributed by atoms with Crippen molar-refractivity contribution in [3.8, 4) is 0 Å². The predicted molar refractivity (Wildman–Crippen MR) is 456 cm³/mol. The topological polar surface area (TPSA) is 180 Å². The zero-order valence-corrected chi connectivity index (χ0v) is 72.1. The van der Waals surface area contributed by atoms with Crippen LogP contribution in [0.15, 0.2) is 12.2 Å². The molecule has 0 aromatic heterocycles. The zero-order valence-electron chi connectivity index (χ0n) is 72.1. The fourth-order valence-electron chi connectivity index (χ4n) is 15.9. The summed E-state index contributed by atoms with van der Waals surface area (Å²) in [5.41, 5.74) is -1.78. The molecule has 0 fully saturated rings. The van der Waals surface area contributed by atoms with Crippen LogP contribution in [0.1, 0.15) is 522 Å². The van der Waals surface area contributed by atoms with Crippen molar-refractivity contribution in [1.29, 1.82) is 0 Å². The highest BCUT2D eigenvalue weighted by Gasteiger charge is 2.53. The molecule has 0 aliphatic rings. The largest absolute Gasteiger partial charge is 0.481 e. The summed E-state index contributed by atoms with van der Waals surface area (Å²) in [6.45, 7) is 7.84. The first kappa shape index (κ1) is 105. The third kappa shape index (κ3) is 71.6. The van der Waals surface area contributed by atoms with Gasteiger partial charge in [0.1, 0.15) is 0 Å². The first-order valence-corrected chi connectivity index (χ1v) is 47.7. The number of carboxylic acids is 2. The van der Waals surface area contributed by atoms with Crippen molar-refractivity contribution in [2.75, 3.05) is 26.4 Å². The van der Waals surface area contributed by atoms with E-state index in [0.717, 1.165) is 135 Å². The highest BCUT2D eigenvalue weighted by molar-refractivity contribution is 5.77. The van der Waals surface area contributed by atoms with Gasteiger partial charge in [-0.1, -0.05) is 438 Å². The van der Waals surface area contributed by atoms with Crippen LogP contribution in [0.5, 0.6) is 0 Å². The summed E-state index contributed by atoms with van der Waals surface area (Å²) >= 11 is 0. The van der Waals surface area contributed by atoms with Crippen LogP contribution in [0.4, 0.5) is 0 Å². The monoisotopic (exact) mass is 1530 g/mol. The third-order valence-corrected chi connectivity index (χ3v) is 23.2. The van der Waals surface area contributed by atoms with Crippen LogP contribution in [-0.4, -0.2) is 72.5 Å². The Bertz CT molecular complexity index is 1780. The van der Waals surface area contributed by atoms with Gasteiger partial charge in [0.05, 0.1) is 31.8 Å². The molecular weight excluding hydrogens is 1350 g/mol. The van der Waals surface area contributed by atoms with Crippen LogP contribution in [-0.2, 0) is 47.7 Å². The Morgan fingerprint density at radius 1 is 0.231 bits per heavy atom. The fraction of sp³-hybridized carbons (Fsp3) is 0.917. The number of hydrogen-bond acceptors (Lipinski definition) is 10. The fourth-order valence-corrected chi connectivity index (χ4v) is 15.9. The van der Waals surface area contributed by atoms with E-state index in [-0.39, 0.29) is 65.0 Å². The molecular formula is C96H180O12. The Morgan fingerprint density at radius 2 is 0.398 bits per heavy atom. The number of rotatable bonds is 90. The highest BCUT2D eigenvalue weighted by atomic mass is 16.6. The third-order valence-electron chi connectivity index (χ3n) is 23.2. The SMILES string of the molecule is CCCCCCCCCCCCCCCCCC(=O)OCC(COC(=O)CCCCCCCCCCCCCCCCC)C(CCCCCCC=CCCCCCCCC(=O)O)(C(=O)O)C(COC(=O)CCCCCCCCCCCCCCCCC)COC(=O)CCCCCCCCCCCCCCCCC. The summed E-state index contributed by atoms with van der Waals surface area (Å²) in [6, 6.07) is 0. The van der Waals surface area contributed by atoms with Crippen molar-refractivity contribution in [3.05, 3.63) is 12.2 Å². The molecule has 0 aromatic rings. The van der Waals surface area contributed by atoms with E-state index in [1.807, 2.05) is 0 Å². The zero-order chi connectivity index (χ0) is 78.6. The van der Waals surface area contributed by atoms with Crippen LogP contribution >= 0.6 is 0 Å². The van der Waals surface area contributed by atoms with E-state index in [2.05, 4.69) is 39.8 Å². The minimum absolute atomic E-state index is 0.111. The minimum Gasteiger partial charge on any atom is -0.481 e. The lowest BCUT2D eigenvalue weighted by molar-refractivity contribution is -0.180.